The van der Waals surface area contributed by atoms with Gasteiger partial charge in [0.1, 0.15) is 5.82 Å². The minimum absolute atomic E-state index is 0.175. The van der Waals surface area contributed by atoms with E-state index in [-0.39, 0.29) is 11.7 Å². The zero-order valence-electron chi connectivity index (χ0n) is 12.9. The Morgan fingerprint density at radius 2 is 2.00 bits per heavy atom. The summed E-state index contributed by atoms with van der Waals surface area (Å²) < 4.78 is 13.2. The van der Waals surface area contributed by atoms with E-state index in [0.717, 1.165) is 50.9 Å². The molecule has 1 amide bonds. The van der Waals surface area contributed by atoms with Gasteiger partial charge in [0.2, 0.25) is 5.91 Å². The Morgan fingerprint density at radius 1 is 1.27 bits per heavy atom. The SMILES string of the molecule is CC(=O)N1CCC[C@@H]1[C@@H]1CCCN1Cc1ccc(F)cc1Cl. The third-order valence-corrected chi connectivity index (χ3v) is 5.30. The van der Waals surface area contributed by atoms with Gasteiger partial charge in [-0.15, -0.1) is 0 Å². The van der Waals surface area contributed by atoms with Crippen molar-refractivity contribution in [2.24, 2.45) is 0 Å². The average molecular weight is 325 g/mol. The minimum Gasteiger partial charge on any atom is -0.338 e. The van der Waals surface area contributed by atoms with Gasteiger partial charge in [-0.2, -0.15) is 0 Å². The van der Waals surface area contributed by atoms with Gasteiger partial charge >= 0.3 is 0 Å². The molecule has 0 aromatic heterocycles. The average Bonchev–Trinajstić information content (AvgIpc) is 3.10. The molecule has 2 fully saturated rings. The Morgan fingerprint density at radius 3 is 2.73 bits per heavy atom. The van der Waals surface area contributed by atoms with Gasteiger partial charge in [0.15, 0.2) is 0 Å². The van der Waals surface area contributed by atoms with Gasteiger partial charge in [-0.1, -0.05) is 17.7 Å². The van der Waals surface area contributed by atoms with E-state index in [2.05, 4.69) is 4.90 Å². The van der Waals surface area contributed by atoms with Crippen molar-refractivity contribution in [2.45, 2.75) is 51.2 Å². The van der Waals surface area contributed by atoms with Gasteiger partial charge in [-0.05, 0) is 49.9 Å². The predicted molar refractivity (Wildman–Crippen MR) is 85.3 cm³/mol. The van der Waals surface area contributed by atoms with Crippen LogP contribution in [0.3, 0.4) is 0 Å². The molecule has 1 aromatic rings. The van der Waals surface area contributed by atoms with E-state index in [1.54, 1.807) is 13.0 Å². The number of nitrogens with zero attached hydrogens (tertiary/aromatic N) is 2. The highest BCUT2D eigenvalue weighted by Crippen LogP contribution is 2.32. The summed E-state index contributed by atoms with van der Waals surface area (Å²) >= 11 is 6.16. The lowest BCUT2D eigenvalue weighted by atomic mass is 10.0. The van der Waals surface area contributed by atoms with Crippen molar-refractivity contribution in [3.8, 4) is 0 Å². The molecule has 0 bridgehead atoms. The van der Waals surface area contributed by atoms with E-state index in [1.807, 2.05) is 4.90 Å². The molecule has 0 saturated carbocycles. The van der Waals surface area contributed by atoms with Crippen LogP contribution in [0.2, 0.25) is 5.02 Å². The maximum Gasteiger partial charge on any atom is 0.219 e. The van der Waals surface area contributed by atoms with E-state index < -0.39 is 0 Å². The Hall–Kier alpha value is -1.13. The van der Waals surface area contributed by atoms with Crippen LogP contribution in [-0.2, 0) is 11.3 Å². The molecule has 22 heavy (non-hydrogen) atoms. The smallest absolute Gasteiger partial charge is 0.219 e. The highest BCUT2D eigenvalue weighted by Gasteiger charge is 2.38. The van der Waals surface area contributed by atoms with Crippen molar-refractivity contribution >= 4 is 17.5 Å². The number of likely N-dealkylation sites (tertiary alicyclic amines) is 2. The quantitative estimate of drug-likeness (QED) is 0.850. The number of carbonyl (C=O) groups excluding carboxylic acids is 1. The van der Waals surface area contributed by atoms with Crippen molar-refractivity contribution in [3.05, 3.63) is 34.6 Å². The molecule has 0 unspecified atom stereocenters. The zero-order valence-corrected chi connectivity index (χ0v) is 13.7. The Labute approximate surface area is 136 Å². The third-order valence-electron chi connectivity index (χ3n) is 4.95. The van der Waals surface area contributed by atoms with Crippen LogP contribution < -0.4 is 0 Å². The summed E-state index contributed by atoms with van der Waals surface area (Å²) in [5.41, 5.74) is 0.960. The van der Waals surface area contributed by atoms with Gasteiger partial charge in [-0.3, -0.25) is 9.69 Å². The third kappa shape index (κ3) is 3.13. The number of carbonyl (C=O) groups is 1. The molecule has 120 valence electrons. The molecule has 2 aliphatic heterocycles. The maximum atomic E-state index is 13.2. The molecule has 0 aliphatic carbocycles. The Bertz CT molecular complexity index is 566. The molecule has 0 spiro atoms. The van der Waals surface area contributed by atoms with Crippen LogP contribution >= 0.6 is 11.6 Å². The summed E-state index contributed by atoms with van der Waals surface area (Å²) in [6, 6.07) is 5.32. The first-order valence-corrected chi connectivity index (χ1v) is 8.39. The lowest BCUT2D eigenvalue weighted by Gasteiger charge is -2.34. The van der Waals surface area contributed by atoms with E-state index in [1.165, 1.54) is 12.1 Å². The number of rotatable bonds is 3. The van der Waals surface area contributed by atoms with Crippen LogP contribution in [-0.4, -0.2) is 40.9 Å². The fraction of sp³-hybridized carbons (Fsp3) is 0.588. The summed E-state index contributed by atoms with van der Waals surface area (Å²) in [6.07, 6.45) is 4.43. The van der Waals surface area contributed by atoms with E-state index in [4.69, 9.17) is 11.6 Å². The highest BCUT2D eigenvalue weighted by molar-refractivity contribution is 6.31. The summed E-state index contributed by atoms with van der Waals surface area (Å²) in [5, 5.41) is 0.487. The lowest BCUT2D eigenvalue weighted by molar-refractivity contribution is -0.130. The molecule has 5 heteroatoms. The van der Waals surface area contributed by atoms with Crippen molar-refractivity contribution in [3.63, 3.8) is 0 Å². The largest absolute Gasteiger partial charge is 0.338 e. The molecule has 3 nitrogen and oxygen atoms in total. The second kappa shape index (κ2) is 6.55. The second-order valence-electron chi connectivity index (χ2n) is 6.34. The predicted octanol–water partition coefficient (Wildman–Crippen LogP) is 3.45. The standard InChI is InChI=1S/C17H22ClFN2O/c1-12(22)21-9-3-5-17(21)16-4-2-8-20(16)11-13-6-7-14(19)10-15(13)18/h6-7,10,16-17H,2-5,8-9,11H2,1H3/t16-,17+/m0/s1. The molecule has 2 heterocycles. The first-order chi connectivity index (χ1) is 10.6. The fourth-order valence-electron chi connectivity index (χ4n) is 3.94. The molecule has 2 atom stereocenters. The van der Waals surface area contributed by atoms with E-state index in [9.17, 15) is 9.18 Å². The van der Waals surface area contributed by atoms with E-state index >= 15 is 0 Å². The molecule has 1 aromatic carbocycles. The van der Waals surface area contributed by atoms with Crippen LogP contribution in [0.15, 0.2) is 18.2 Å². The first kappa shape index (κ1) is 15.8. The van der Waals surface area contributed by atoms with Gasteiger partial charge in [-0.25, -0.2) is 4.39 Å². The lowest BCUT2D eigenvalue weighted by Crippen LogP contribution is -2.47. The Kier molecular flexibility index (Phi) is 4.69. The van der Waals surface area contributed by atoms with Crippen molar-refractivity contribution in [1.29, 1.82) is 0 Å². The van der Waals surface area contributed by atoms with Crippen molar-refractivity contribution < 1.29 is 9.18 Å². The van der Waals surface area contributed by atoms with Crippen LogP contribution in [0.1, 0.15) is 38.2 Å². The zero-order chi connectivity index (χ0) is 15.7. The van der Waals surface area contributed by atoms with Crippen LogP contribution in [0.4, 0.5) is 4.39 Å². The summed E-state index contributed by atoms with van der Waals surface area (Å²) in [6.45, 7) is 4.28. The van der Waals surface area contributed by atoms with Crippen LogP contribution in [0.25, 0.3) is 0 Å². The van der Waals surface area contributed by atoms with E-state index in [0.29, 0.717) is 17.1 Å². The summed E-state index contributed by atoms with van der Waals surface area (Å²) in [5.74, 6) is -0.126. The second-order valence-corrected chi connectivity index (χ2v) is 6.74. The van der Waals surface area contributed by atoms with Gasteiger partial charge in [0, 0.05) is 37.1 Å². The molecule has 3 rings (SSSR count). The molecule has 0 N–H and O–H groups in total. The minimum atomic E-state index is -0.301. The molecular weight excluding hydrogens is 303 g/mol. The van der Waals surface area contributed by atoms with Gasteiger partial charge < -0.3 is 4.90 Å². The number of hydrogen-bond donors (Lipinski definition) is 0. The monoisotopic (exact) mass is 324 g/mol. The molecular formula is C17H22ClFN2O. The normalized spacial score (nSPS) is 25.9. The summed E-state index contributed by atoms with van der Waals surface area (Å²) in [4.78, 5) is 16.2. The first-order valence-electron chi connectivity index (χ1n) is 8.01. The van der Waals surface area contributed by atoms with Crippen molar-refractivity contribution in [1.82, 2.24) is 9.80 Å². The molecule has 0 radical (unpaired) electrons. The molecule has 2 saturated heterocycles. The number of benzene rings is 1. The highest BCUT2D eigenvalue weighted by atomic mass is 35.5. The topological polar surface area (TPSA) is 23.6 Å². The van der Waals surface area contributed by atoms with Crippen LogP contribution in [0.5, 0.6) is 0 Å². The number of hydrogen-bond acceptors (Lipinski definition) is 2. The molecule has 2 aliphatic rings. The maximum absolute atomic E-state index is 13.2. The van der Waals surface area contributed by atoms with Gasteiger partial charge in [0.05, 0.1) is 0 Å². The van der Waals surface area contributed by atoms with Crippen LogP contribution in [0, 0.1) is 5.82 Å². The van der Waals surface area contributed by atoms with Gasteiger partial charge in [0.25, 0.3) is 0 Å². The number of halogens is 2. The number of amides is 1. The Balaban J connectivity index is 1.74. The summed E-state index contributed by atoms with van der Waals surface area (Å²) in [7, 11) is 0. The van der Waals surface area contributed by atoms with Crippen molar-refractivity contribution in [2.75, 3.05) is 13.1 Å². The fourth-order valence-corrected chi connectivity index (χ4v) is 4.16.